The van der Waals surface area contributed by atoms with E-state index in [4.69, 9.17) is 11.6 Å². The minimum atomic E-state index is -0.326. The fourth-order valence-corrected chi connectivity index (χ4v) is 4.48. The van der Waals surface area contributed by atoms with Crippen LogP contribution in [0.1, 0.15) is 46.5 Å². The lowest BCUT2D eigenvalue weighted by Crippen LogP contribution is -2.38. The second-order valence-electron chi connectivity index (χ2n) is 7.62. The zero-order valence-corrected chi connectivity index (χ0v) is 17.6. The van der Waals surface area contributed by atoms with Gasteiger partial charge in [-0.05, 0) is 43.9 Å². The van der Waals surface area contributed by atoms with Crippen molar-refractivity contribution in [1.82, 2.24) is 14.9 Å². The number of halogens is 1. The highest BCUT2D eigenvalue weighted by Gasteiger charge is 2.23. The van der Waals surface area contributed by atoms with Crippen LogP contribution in [0.15, 0.2) is 28.2 Å². The zero-order chi connectivity index (χ0) is 19.6. The van der Waals surface area contributed by atoms with Crippen molar-refractivity contribution in [2.24, 2.45) is 5.92 Å². The first-order valence-electron chi connectivity index (χ1n) is 9.52. The summed E-state index contributed by atoms with van der Waals surface area (Å²) < 4.78 is 1.69. The number of carbonyl (C=O) groups is 1. The Labute approximate surface area is 168 Å². The van der Waals surface area contributed by atoms with Crippen molar-refractivity contribution in [3.8, 4) is 0 Å². The molecule has 27 heavy (non-hydrogen) atoms. The molecule has 1 atom stereocenters. The average Bonchev–Trinajstić information content (AvgIpc) is 3.10. The summed E-state index contributed by atoms with van der Waals surface area (Å²) in [6, 6.07) is 5.40. The Balaban J connectivity index is 1.90. The van der Waals surface area contributed by atoms with Gasteiger partial charge < -0.3 is 5.32 Å². The molecule has 0 saturated heterocycles. The fraction of sp³-hybridized carbons (Fsp3) is 0.550. The molecule has 1 aromatic heterocycles. The lowest BCUT2D eigenvalue weighted by Gasteiger charge is -2.19. The Kier molecular flexibility index (Phi) is 6.48. The quantitative estimate of drug-likeness (QED) is 0.574. The van der Waals surface area contributed by atoms with Gasteiger partial charge in [0.2, 0.25) is 5.91 Å². The van der Waals surface area contributed by atoms with Gasteiger partial charge in [0.25, 0.3) is 5.56 Å². The van der Waals surface area contributed by atoms with Crippen molar-refractivity contribution >= 4 is 40.2 Å². The number of thioether (sulfide) groups is 1. The summed E-state index contributed by atoms with van der Waals surface area (Å²) in [7, 11) is 0. The van der Waals surface area contributed by atoms with Crippen LogP contribution in [0.4, 0.5) is 0 Å². The Bertz CT molecular complexity index is 891. The number of benzene rings is 1. The molecule has 1 fully saturated rings. The van der Waals surface area contributed by atoms with Gasteiger partial charge in [0.05, 0.1) is 16.2 Å². The van der Waals surface area contributed by atoms with Crippen LogP contribution in [0.5, 0.6) is 0 Å². The zero-order valence-electron chi connectivity index (χ0n) is 16.0. The number of hydrogen-bond acceptors (Lipinski definition) is 4. The van der Waals surface area contributed by atoms with Crippen LogP contribution in [0.2, 0.25) is 5.02 Å². The van der Waals surface area contributed by atoms with Crippen molar-refractivity contribution in [1.29, 1.82) is 0 Å². The smallest absolute Gasteiger partial charge is 0.262 e. The van der Waals surface area contributed by atoms with E-state index in [1.54, 1.807) is 22.8 Å². The first kappa shape index (κ1) is 20.2. The number of rotatable bonds is 6. The van der Waals surface area contributed by atoms with Gasteiger partial charge >= 0.3 is 0 Å². The van der Waals surface area contributed by atoms with Gasteiger partial charge in [-0.25, -0.2) is 4.98 Å². The topological polar surface area (TPSA) is 64.0 Å². The summed E-state index contributed by atoms with van der Waals surface area (Å²) in [5.41, 5.74) is 0.481. The van der Waals surface area contributed by atoms with Crippen LogP contribution in [0.25, 0.3) is 10.9 Å². The van der Waals surface area contributed by atoms with Crippen LogP contribution < -0.4 is 10.9 Å². The van der Waals surface area contributed by atoms with E-state index in [-0.39, 0.29) is 28.7 Å². The number of nitrogens with zero attached hydrogens (tertiary/aromatic N) is 2. The molecule has 0 aliphatic heterocycles. The number of nitrogens with one attached hydrogen (secondary N) is 1. The molecule has 1 N–H and O–H groups in total. The van der Waals surface area contributed by atoms with E-state index < -0.39 is 0 Å². The van der Waals surface area contributed by atoms with E-state index in [1.807, 2.05) is 6.92 Å². The molecule has 0 radical (unpaired) electrons. The SMILES string of the molecule is CC(C)Cn1c(SC(C)C(=O)NC2CCCC2)nc2cc(Cl)ccc2c1=O. The summed E-state index contributed by atoms with van der Waals surface area (Å²) in [6.45, 7) is 6.54. The minimum Gasteiger partial charge on any atom is -0.352 e. The van der Waals surface area contributed by atoms with Gasteiger partial charge in [-0.1, -0.05) is 50.1 Å². The number of carbonyl (C=O) groups excluding carboxylic acids is 1. The molecule has 1 aliphatic rings. The monoisotopic (exact) mass is 407 g/mol. The molecule has 1 saturated carbocycles. The van der Waals surface area contributed by atoms with Gasteiger partial charge in [0.15, 0.2) is 5.16 Å². The van der Waals surface area contributed by atoms with Crippen molar-refractivity contribution < 1.29 is 4.79 Å². The normalized spacial score (nSPS) is 16.2. The first-order valence-corrected chi connectivity index (χ1v) is 10.8. The van der Waals surface area contributed by atoms with E-state index in [2.05, 4.69) is 24.1 Å². The minimum absolute atomic E-state index is 0.00318. The lowest BCUT2D eigenvalue weighted by molar-refractivity contribution is -0.120. The lowest BCUT2D eigenvalue weighted by atomic mass is 10.2. The Morgan fingerprint density at radius 3 is 2.70 bits per heavy atom. The van der Waals surface area contributed by atoms with Crippen LogP contribution in [-0.2, 0) is 11.3 Å². The maximum atomic E-state index is 13.0. The molecule has 1 aromatic carbocycles. The molecule has 146 valence electrons. The predicted octanol–water partition coefficient (Wildman–Crippen LogP) is 4.25. The molecule has 1 unspecified atom stereocenters. The molecule has 1 aliphatic carbocycles. The molecular weight excluding hydrogens is 382 g/mol. The molecule has 1 heterocycles. The molecule has 0 spiro atoms. The van der Waals surface area contributed by atoms with E-state index in [1.165, 1.54) is 24.6 Å². The first-order chi connectivity index (χ1) is 12.8. The Morgan fingerprint density at radius 2 is 2.04 bits per heavy atom. The molecule has 0 bridgehead atoms. The van der Waals surface area contributed by atoms with E-state index in [0.717, 1.165) is 12.8 Å². The van der Waals surface area contributed by atoms with E-state index >= 15 is 0 Å². The summed E-state index contributed by atoms with van der Waals surface area (Å²) >= 11 is 7.41. The highest BCUT2D eigenvalue weighted by Crippen LogP contribution is 2.25. The third kappa shape index (κ3) is 4.85. The maximum absolute atomic E-state index is 13.0. The highest BCUT2D eigenvalue weighted by atomic mass is 35.5. The van der Waals surface area contributed by atoms with Gasteiger partial charge in [0.1, 0.15) is 0 Å². The van der Waals surface area contributed by atoms with Gasteiger partial charge in [-0.15, -0.1) is 0 Å². The Hall–Kier alpha value is -1.53. The summed E-state index contributed by atoms with van der Waals surface area (Å²) in [5, 5.41) is 4.45. The number of hydrogen-bond donors (Lipinski definition) is 1. The number of amides is 1. The largest absolute Gasteiger partial charge is 0.352 e. The van der Waals surface area contributed by atoms with Crippen molar-refractivity contribution in [2.45, 2.75) is 69.4 Å². The molecule has 1 amide bonds. The molecule has 3 rings (SSSR count). The third-order valence-electron chi connectivity index (χ3n) is 4.78. The van der Waals surface area contributed by atoms with Crippen molar-refractivity contribution in [2.75, 3.05) is 0 Å². The molecular formula is C20H26ClN3O2S. The summed E-state index contributed by atoms with van der Waals surface area (Å²) in [4.78, 5) is 30.2. The molecule has 2 aromatic rings. The predicted molar refractivity (Wildman–Crippen MR) is 112 cm³/mol. The van der Waals surface area contributed by atoms with Crippen LogP contribution in [0, 0.1) is 5.92 Å². The van der Waals surface area contributed by atoms with Crippen LogP contribution in [-0.4, -0.2) is 26.8 Å². The molecule has 7 heteroatoms. The third-order valence-corrected chi connectivity index (χ3v) is 6.11. The summed E-state index contributed by atoms with van der Waals surface area (Å²) in [6.07, 6.45) is 4.45. The van der Waals surface area contributed by atoms with E-state index in [0.29, 0.717) is 27.6 Å². The average molecular weight is 408 g/mol. The van der Waals surface area contributed by atoms with Gasteiger partial charge in [-0.3, -0.25) is 14.2 Å². The van der Waals surface area contributed by atoms with Crippen LogP contribution >= 0.6 is 23.4 Å². The second kappa shape index (κ2) is 8.65. The highest BCUT2D eigenvalue weighted by molar-refractivity contribution is 8.00. The fourth-order valence-electron chi connectivity index (χ4n) is 3.39. The van der Waals surface area contributed by atoms with Crippen molar-refractivity contribution in [3.63, 3.8) is 0 Å². The van der Waals surface area contributed by atoms with Crippen molar-refractivity contribution in [3.05, 3.63) is 33.6 Å². The standard InChI is InChI=1S/C20H26ClN3O2S/c1-12(2)11-24-19(26)16-9-8-14(21)10-17(16)23-20(24)27-13(3)18(25)22-15-6-4-5-7-15/h8-10,12-13,15H,4-7,11H2,1-3H3,(H,22,25). The Morgan fingerprint density at radius 1 is 1.33 bits per heavy atom. The maximum Gasteiger partial charge on any atom is 0.262 e. The van der Waals surface area contributed by atoms with E-state index in [9.17, 15) is 9.59 Å². The van der Waals surface area contributed by atoms with Gasteiger partial charge in [-0.2, -0.15) is 0 Å². The second-order valence-corrected chi connectivity index (χ2v) is 9.36. The number of aromatic nitrogens is 2. The molecule has 5 nitrogen and oxygen atoms in total. The summed E-state index contributed by atoms with van der Waals surface area (Å²) in [5.74, 6) is 0.291. The number of fused-ring (bicyclic) bond motifs is 1. The van der Waals surface area contributed by atoms with Gasteiger partial charge in [0, 0.05) is 17.6 Å². The van der Waals surface area contributed by atoms with Crippen LogP contribution in [0.3, 0.4) is 0 Å².